The van der Waals surface area contributed by atoms with E-state index in [1.165, 1.54) is 0 Å². The number of thiophene rings is 2. The van der Waals surface area contributed by atoms with Gasteiger partial charge in [-0.3, -0.25) is 0 Å². The molecule has 10 rings (SSSR count). The van der Waals surface area contributed by atoms with Crippen molar-refractivity contribution in [2.24, 2.45) is 0 Å². The van der Waals surface area contributed by atoms with Gasteiger partial charge in [0.05, 0.1) is 19.5 Å². The second-order valence-corrected chi connectivity index (χ2v) is 19.7. The average molecular weight is 943 g/mol. The van der Waals surface area contributed by atoms with E-state index in [0.717, 1.165) is 110 Å². The monoisotopic (exact) mass is 942 g/mol. The third-order valence-electron chi connectivity index (χ3n) is 12.0. The highest BCUT2D eigenvalue weighted by Gasteiger charge is 2.32. The van der Waals surface area contributed by atoms with Gasteiger partial charge in [0.1, 0.15) is 49.5 Å². The van der Waals surface area contributed by atoms with Crippen molar-refractivity contribution in [1.82, 2.24) is 0 Å². The average Bonchev–Trinajstić information content (AvgIpc) is 3.91. The number of hydrogen-bond acceptors (Lipinski definition) is 12. The van der Waals surface area contributed by atoms with Crippen LogP contribution in [0, 0.1) is 0 Å². The molecule has 0 fully saturated rings. The summed E-state index contributed by atoms with van der Waals surface area (Å²) in [5.74, 6) is 5.88. The molecule has 0 saturated carbocycles. The maximum absolute atomic E-state index is 6.68. The molecule has 0 atom stereocenters. The second-order valence-electron chi connectivity index (χ2n) is 17.6. The second kappa shape index (κ2) is 18.8. The van der Waals surface area contributed by atoms with Crippen molar-refractivity contribution in [2.75, 3.05) is 102 Å². The molecule has 6 aromatic rings. The van der Waals surface area contributed by atoms with Gasteiger partial charge in [-0.05, 0) is 145 Å². The minimum Gasteiger partial charge on any atom is -0.485 e. The zero-order valence-corrected chi connectivity index (χ0v) is 41.2. The smallest absolute Gasteiger partial charge is 0.181 e. The van der Waals surface area contributed by atoms with Crippen LogP contribution in [0.4, 0.5) is 22.7 Å². The molecule has 0 amide bonds. The van der Waals surface area contributed by atoms with E-state index in [1.807, 2.05) is 56.4 Å². The maximum Gasteiger partial charge on any atom is 0.181 e. The first-order valence-corrected chi connectivity index (χ1v) is 24.2. The Morgan fingerprint density at radius 2 is 0.603 bits per heavy atom. The quantitative estimate of drug-likeness (QED) is 0.125. The fraction of sp³-hybridized carbons (Fsp3) is 0.214. The predicted molar refractivity (Wildman–Crippen MR) is 283 cm³/mol. The molecule has 0 spiro atoms. The third-order valence-corrected chi connectivity index (χ3v) is 14.3. The number of allylic oxidation sites excluding steroid dienone is 6. The largest absolute Gasteiger partial charge is 0.485 e. The molecule has 0 bridgehead atoms. The van der Waals surface area contributed by atoms with Crippen LogP contribution in [0.5, 0.6) is 23.0 Å². The summed E-state index contributed by atoms with van der Waals surface area (Å²) in [6.07, 6.45) is 12.7. The van der Waals surface area contributed by atoms with E-state index in [4.69, 9.17) is 28.4 Å². The van der Waals surface area contributed by atoms with Gasteiger partial charge in [-0.2, -0.15) is 0 Å². The van der Waals surface area contributed by atoms with Crippen molar-refractivity contribution < 1.29 is 28.4 Å². The molecule has 12 heteroatoms. The maximum atomic E-state index is 6.68. The fourth-order valence-electron chi connectivity index (χ4n) is 8.21. The molecule has 0 saturated heterocycles. The lowest BCUT2D eigenvalue weighted by Crippen LogP contribution is -2.15. The number of anilines is 4. The van der Waals surface area contributed by atoms with Gasteiger partial charge < -0.3 is 48.0 Å². The van der Waals surface area contributed by atoms with Crippen molar-refractivity contribution in [3.63, 3.8) is 0 Å². The fourth-order valence-corrected chi connectivity index (χ4v) is 10.6. The van der Waals surface area contributed by atoms with Crippen LogP contribution in [0.25, 0.3) is 44.9 Å². The van der Waals surface area contributed by atoms with Crippen molar-refractivity contribution in [3.8, 4) is 32.8 Å². The van der Waals surface area contributed by atoms with E-state index in [1.54, 1.807) is 22.7 Å². The Balaban J connectivity index is 1.06. The topological polar surface area (TPSA) is 68.3 Å². The minimum atomic E-state index is 0.439. The molecule has 68 heavy (non-hydrogen) atoms. The number of hydrogen-bond donors (Lipinski definition) is 0. The number of rotatable bonds is 11. The van der Waals surface area contributed by atoms with Crippen molar-refractivity contribution in [3.05, 3.63) is 165 Å². The predicted octanol–water partition coefficient (Wildman–Crippen LogP) is 12.3. The van der Waals surface area contributed by atoms with Crippen molar-refractivity contribution in [1.29, 1.82) is 0 Å². The number of ether oxygens (including phenoxy) is 6. The number of nitrogens with zero attached hydrogens (tertiary/aromatic N) is 4. The number of fused-ring (bicyclic) bond motifs is 2. The highest BCUT2D eigenvalue weighted by Crippen LogP contribution is 2.58. The minimum absolute atomic E-state index is 0.439. The Bertz CT molecular complexity index is 2690. The first kappa shape index (κ1) is 44.6. The lowest BCUT2D eigenvalue weighted by molar-refractivity contribution is 0.171. The van der Waals surface area contributed by atoms with Gasteiger partial charge in [0.2, 0.25) is 0 Å². The Hall–Kier alpha value is -7.28. The summed E-state index contributed by atoms with van der Waals surface area (Å²) in [5, 5.41) is 0. The summed E-state index contributed by atoms with van der Waals surface area (Å²) >= 11 is 3.25. The molecule has 0 aliphatic carbocycles. The Morgan fingerprint density at radius 3 is 0.853 bits per heavy atom. The molecule has 0 unspecified atom stereocenters. The molecule has 2 aromatic heterocycles. The van der Waals surface area contributed by atoms with Crippen LogP contribution >= 0.6 is 22.7 Å². The highest BCUT2D eigenvalue weighted by atomic mass is 32.1. The van der Waals surface area contributed by atoms with Gasteiger partial charge in [-0.15, -0.1) is 22.7 Å². The summed E-state index contributed by atoms with van der Waals surface area (Å²) < 4.78 is 39.3. The van der Waals surface area contributed by atoms with Gasteiger partial charge in [0.25, 0.3) is 0 Å². The zero-order valence-electron chi connectivity index (χ0n) is 39.6. The number of benzene rings is 4. The summed E-state index contributed by atoms with van der Waals surface area (Å²) in [6.45, 7) is 1.77. The van der Waals surface area contributed by atoms with Crippen LogP contribution in [-0.2, 0) is 9.47 Å². The molecule has 4 aromatic carbocycles. The molecular formula is C56H54N4O6S2. The SMILES string of the molecule is CN(C)c1ccc(C2=CC(=Cc3sc(-c4sc(C=C5C=C(c6ccc(N(C)C)cc6)OC(c6ccc(N(C)C)cc6)=C5)c5c4OCCO5)c4c3OCCO4)C=C(c3ccc(N(C)C)cc3)O2)cc1. The van der Waals surface area contributed by atoms with E-state index < -0.39 is 0 Å². The van der Waals surface area contributed by atoms with Crippen LogP contribution in [0.1, 0.15) is 32.0 Å². The third kappa shape index (κ3) is 9.09. The van der Waals surface area contributed by atoms with Crippen LogP contribution in [0.2, 0.25) is 0 Å². The van der Waals surface area contributed by atoms with Crippen LogP contribution < -0.4 is 38.5 Å². The van der Waals surface area contributed by atoms with Crippen LogP contribution in [0.15, 0.2) is 133 Å². The van der Waals surface area contributed by atoms with Gasteiger partial charge in [0.15, 0.2) is 23.0 Å². The van der Waals surface area contributed by atoms with Gasteiger partial charge in [-0.25, -0.2) is 0 Å². The molecule has 6 heterocycles. The van der Waals surface area contributed by atoms with Crippen molar-refractivity contribution >= 4 is 80.6 Å². The molecular weight excluding hydrogens is 889 g/mol. The Morgan fingerprint density at radius 1 is 0.353 bits per heavy atom. The van der Waals surface area contributed by atoms with E-state index >= 15 is 0 Å². The Labute approximate surface area is 406 Å². The van der Waals surface area contributed by atoms with E-state index in [9.17, 15) is 0 Å². The lowest BCUT2D eigenvalue weighted by atomic mass is 10.0. The van der Waals surface area contributed by atoms with Gasteiger partial charge in [-0.1, -0.05) is 0 Å². The molecule has 4 aliphatic heterocycles. The summed E-state index contributed by atoms with van der Waals surface area (Å²) in [6, 6.07) is 33.7. The van der Waals surface area contributed by atoms with E-state index in [0.29, 0.717) is 37.9 Å². The zero-order chi connectivity index (χ0) is 47.1. The normalized spacial score (nSPS) is 14.9. The molecule has 0 N–H and O–H groups in total. The molecule has 10 nitrogen and oxygen atoms in total. The molecule has 4 aliphatic rings. The summed E-state index contributed by atoms with van der Waals surface area (Å²) in [5.41, 5.74) is 10.3. The first-order chi connectivity index (χ1) is 32.9. The molecule has 0 radical (unpaired) electrons. The lowest BCUT2D eigenvalue weighted by Gasteiger charge is -2.21. The van der Waals surface area contributed by atoms with Crippen LogP contribution in [-0.4, -0.2) is 82.8 Å². The van der Waals surface area contributed by atoms with Gasteiger partial charge in [0, 0.05) is 101 Å². The summed E-state index contributed by atoms with van der Waals surface area (Å²) in [7, 11) is 16.3. The van der Waals surface area contributed by atoms with Crippen LogP contribution in [0.3, 0.4) is 0 Å². The molecule has 346 valence electrons. The highest BCUT2D eigenvalue weighted by molar-refractivity contribution is 7.24. The Kier molecular flexibility index (Phi) is 12.3. The van der Waals surface area contributed by atoms with Gasteiger partial charge >= 0.3 is 0 Å². The first-order valence-electron chi connectivity index (χ1n) is 22.6. The van der Waals surface area contributed by atoms with Crippen molar-refractivity contribution in [2.45, 2.75) is 0 Å². The van der Waals surface area contributed by atoms with E-state index in [-0.39, 0.29) is 0 Å². The van der Waals surface area contributed by atoms with E-state index in [2.05, 4.69) is 153 Å². The summed E-state index contributed by atoms with van der Waals surface area (Å²) in [4.78, 5) is 12.1. The standard InChI is InChI=1S/C56H54N4O6S2/c1-57(2)41-17-9-37(10-18-41)45-29-35(30-46(65-45)38-11-19-42(20-12-38)58(3)4)33-49-51-53(63-27-25-61-51)55(67-49)56-54-52(62-26-28-64-54)50(68-56)34-36-31-47(39-13-21-43(22-14-39)59(5)6)66-48(32-36)40-15-23-44(24-16-40)60(7)8/h9-24,29-34H,25-28H2,1-8H3.